The van der Waals surface area contributed by atoms with Gasteiger partial charge in [0.05, 0.1) is 11.3 Å². The average Bonchev–Trinajstić information content (AvgIpc) is 2.98. The predicted octanol–water partition coefficient (Wildman–Crippen LogP) is 4.59. The molecular formula is C19H22N2O4S. The van der Waals surface area contributed by atoms with Crippen LogP contribution in [0.4, 0.5) is 9.93 Å². The lowest BCUT2D eigenvalue weighted by molar-refractivity contribution is -0.130. The lowest BCUT2D eigenvalue weighted by Crippen LogP contribution is -2.27. The molecule has 1 aromatic heterocycles. The Hall–Kier alpha value is -2.67. The van der Waals surface area contributed by atoms with Crippen LogP contribution in [0.5, 0.6) is 0 Å². The lowest BCUT2D eigenvalue weighted by atomic mass is 10.1. The van der Waals surface area contributed by atoms with Gasteiger partial charge >= 0.3 is 12.1 Å². The third kappa shape index (κ3) is 6.33. The van der Waals surface area contributed by atoms with E-state index in [2.05, 4.69) is 10.3 Å². The molecule has 26 heavy (non-hydrogen) atoms. The number of aliphatic carboxylic acids is 1. The van der Waals surface area contributed by atoms with Crippen molar-refractivity contribution in [2.24, 2.45) is 0 Å². The molecule has 138 valence electrons. The smallest absolute Gasteiger partial charge is 0.413 e. The van der Waals surface area contributed by atoms with Crippen molar-refractivity contribution in [3.05, 3.63) is 53.0 Å². The number of benzene rings is 1. The Morgan fingerprint density at radius 2 is 1.96 bits per heavy atom. The molecule has 7 heteroatoms. The first-order chi connectivity index (χ1) is 12.2. The molecule has 0 aliphatic heterocycles. The number of aryl methyl sites for hydroxylation is 1. The number of carbonyl (C=O) groups excluding carboxylic acids is 1. The number of ether oxygens (including phenoxy) is 1. The third-order valence-corrected chi connectivity index (χ3v) is 4.00. The van der Waals surface area contributed by atoms with Crippen LogP contribution in [0.3, 0.4) is 0 Å². The number of carbonyl (C=O) groups is 2. The summed E-state index contributed by atoms with van der Waals surface area (Å²) in [5, 5.41) is 13.9. The molecule has 2 aromatic rings. The average molecular weight is 374 g/mol. The molecule has 0 radical (unpaired) electrons. The summed E-state index contributed by atoms with van der Waals surface area (Å²) in [5.74, 6) is -1.05. The van der Waals surface area contributed by atoms with Crippen LogP contribution in [-0.4, -0.2) is 27.8 Å². The minimum atomic E-state index is -1.05. The second-order valence-corrected chi connectivity index (χ2v) is 7.47. The highest BCUT2D eigenvalue weighted by Crippen LogP contribution is 2.23. The number of carboxylic acids is 1. The lowest BCUT2D eigenvalue weighted by Gasteiger charge is -2.18. The molecule has 0 aliphatic rings. The van der Waals surface area contributed by atoms with Crippen molar-refractivity contribution in [3.8, 4) is 0 Å². The molecule has 0 atom stereocenters. The second-order valence-electron chi connectivity index (χ2n) is 6.61. The summed E-state index contributed by atoms with van der Waals surface area (Å²) >= 11 is 1.15. The van der Waals surface area contributed by atoms with Crippen LogP contribution < -0.4 is 5.32 Å². The van der Waals surface area contributed by atoms with Crippen LogP contribution in [0.25, 0.3) is 5.57 Å². The summed E-state index contributed by atoms with van der Waals surface area (Å²) in [6.07, 6.45) is 2.35. The molecule has 0 fully saturated rings. The van der Waals surface area contributed by atoms with Crippen molar-refractivity contribution in [2.75, 3.05) is 5.32 Å². The van der Waals surface area contributed by atoms with E-state index in [1.165, 1.54) is 0 Å². The molecular weight excluding hydrogens is 352 g/mol. The summed E-state index contributed by atoms with van der Waals surface area (Å²) < 4.78 is 5.16. The van der Waals surface area contributed by atoms with Crippen LogP contribution in [0, 0.1) is 0 Å². The predicted molar refractivity (Wildman–Crippen MR) is 102 cm³/mol. The quantitative estimate of drug-likeness (QED) is 0.722. The van der Waals surface area contributed by atoms with E-state index < -0.39 is 17.7 Å². The van der Waals surface area contributed by atoms with Gasteiger partial charge in [0.25, 0.3) is 0 Å². The molecule has 1 heterocycles. The summed E-state index contributed by atoms with van der Waals surface area (Å²) in [6.45, 7) is 5.29. The van der Waals surface area contributed by atoms with Crippen molar-refractivity contribution in [3.63, 3.8) is 0 Å². The van der Waals surface area contributed by atoms with Gasteiger partial charge in [-0.25, -0.2) is 14.6 Å². The Labute approximate surface area is 156 Å². The van der Waals surface area contributed by atoms with Gasteiger partial charge < -0.3 is 9.84 Å². The summed E-state index contributed by atoms with van der Waals surface area (Å²) in [7, 11) is 0. The minimum Gasteiger partial charge on any atom is -0.478 e. The number of allylic oxidation sites excluding steroid dienone is 1. The van der Waals surface area contributed by atoms with E-state index in [1.54, 1.807) is 32.2 Å². The summed E-state index contributed by atoms with van der Waals surface area (Å²) in [5.41, 5.74) is 0.961. The van der Waals surface area contributed by atoms with Crippen LogP contribution in [0.1, 0.15) is 38.4 Å². The van der Waals surface area contributed by atoms with E-state index in [1.807, 2.05) is 30.3 Å². The van der Waals surface area contributed by atoms with Crippen molar-refractivity contribution in [1.82, 2.24) is 4.98 Å². The maximum Gasteiger partial charge on any atom is 0.413 e. The second kappa shape index (κ2) is 8.62. The Bertz CT molecular complexity index is 791. The van der Waals surface area contributed by atoms with Crippen molar-refractivity contribution in [2.45, 2.75) is 39.2 Å². The minimum absolute atomic E-state index is 0.120. The van der Waals surface area contributed by atoms with E-state index in [0.29, 0.717) is 17.2 Å². The highest BCUT2D eigenvalue weighted by molar-refractivity contribution is 7.14. The Morgan fingerprint density at radius 1 is 1.27 bits per heavy atom. The molecule has 0 aliphatic carbocycles. The van der Waals surface area contributed by atoms with Gasteiger partial charge in [0, 0.05) is 5.38 Å². The molecule has 0 bridgehead atoms. The van der Waals surface area contributed by atoms with E-state index in [4.69, 9.17) is 4.74 Å². The van der Waals surface area contributed by atoms with Crippen molar-refractivity contribution >= 4 is 34.1 Å². The molecule has 6 nitrogen and oxygen atoms in total. The number of rotatable bonds is 6. The van der Waals surface area contributed by atoms with E-state index in [0.717, 1.165) is 23.3 Å². The fourth-order valence-corrected chi connectivity index (χ4v) is 2.87. The maximum absolute atomic E-state index is 11.8. The largest absolute Gasteiger partial charge is 0.478 e. The molecule has 1 amide bonds. The number of nitrogens with zero attached hydrogens (tertiary/aromatic N) is 1. The van der Waals surface area contributed by atoms with Crippen LogP contribution in [0.2, 0.25) is 0 Å². The van der Waals surface area contributed by atoms with Gasteiger partial charge in [-0.3, -0.25) is 5.32 Å². The van der Waals surface area contributed by atoms with E-state index in [9.17, 15) is 14.7 Å². The zero-order valence-electron chi connectivity index (χ0n) is 15.0. The van der Waals surface area contributed by atoms with Gasteiger partial charge in [-0.1, -0.05) is 36.4 Å². The molecule has 0 unspecified atom stereocenters. The molecule has 0 spiro atoms. The molecule has 0 saturated heterocycles. The SMILES string of the molecule is CC(C)(C)OC(=O)Nc1nc(/C(=C/CCc2ccccc2)C(=O)O)cs1. The van der Waals surface area contributed by atoms with E-state index in [-0.39, 0.29) is 5.57 Å². The first kappa shape index (κ1) is 19.7. The zero-order chi connectivity index (χ0) is 19.2. The first-order valence-electron chi connectivity index (χ1n) is 8.18. The molecule has 2 N–H and O–H groups in total. The number of thiazole rings is 1. The maximum atomic E-state index is 11.8. The van der Waals surface area contributed by atoms with Gasteiger partial charge in [-0.05, 0) is 39.2 Å². The summed E-state index contributed by atoms with van der Waals surface area (Å²) in [6, 6.07) is 9.84. The number of anilines is 1. The zero-order valence-corrected chi connectivity index (χ0v) is 15.8. The Morgan fingerprint density at radius 3 is 2.58 bits per heavy atom. The van der Waals surface area contributed by atoms with Gasteiger partial charge in [0.15, 0.2) is 5.13 Å². The normalized spacial score (nSPS) is 11.9. The van der Waals surface area contributed by atoms with Crippen molar-refractivity contribution in [1.29, 1.82) is 0 Å². The van der Waals surface area contributed by atoms with Crippen molar-refractivity contribution < 1.29 is 19.4 Å². The van der Waals surface area contributed by atoms with Gasteiger partial charge in [-0.2, -0.15) is 0 Å². The first-order valence-corrected chi connectivity index (χ1v) is 9.06. The van der Waals surface area contributed by atoms with Crippen LogP contribution >= 0.6 is 11.3 Å². The fourth-order valence-electron chi connectivity index (χ4n) is 2.18. The van der Waals surface area contributed by atoms with Crippen LogP contribution in [-0.2, 0) is 16.0 Å². The van der Waals surface area contributed by atoms with Gasteiger partial charge in [0.1, 0.15) is 5.60 Å². The number of amides is 1. The molecule has 0 saturated carbocycles. The topological polar surface area (TPSA) is 88.5 Å². The van der Waals surface area contributed by atoms with E-state index >= 15 is 0 Å². The highest BCUT2D eigenvalue weighted by atomic mass is 32.1. The number of hydrogen-bond acceptors (Lipinski definition) is 5. The van der Waals surface area contributed by atoms with Gasteiger partial charge in [0.2, 0.25) is 0 Å². The number of aromatic nitrogens is 1. The number of hydrogen-bond donors (Lipinski definition) is 2. The molecule has 2 rings (SSSR count). The Balaban J connectivity index is 2.04. The third-order valence-electron chi connectivity index (χ3n) is 3.24. The fraction of sp³-hybridized carbons (Fsp3) is 0.316. The van der Waals surface area contributed by atoms with Crippen LogP contribution in [0.15, 0.2) is 41.8 Å². The molecule has 1 aromatic carbocycles. The van der Waals surface area contributed by atoms with Gasteiger partial charge in [-0.15, -0.1) is 11.3 Å². The standard InChI is InChI=1S/C19H22N2O4S/c1-19(2,3)25-18(24)21-17-20-15(12-26-17)14(16(22)23)11-7-10-13-8-5-4-6-9-13/h4-6,8-9,11-12H,7,10H2,1-3H3,(H,22,23)(H,20,21,24)/b14-11-. The highest BCUT2D eigenvalue weighted by Gasteiger charge is 2.19. The number of carboxylic acid groups (broad SMARTS) is 1. The summed E-state index contributed by atoms with van der Waals surface area (Å²) in [4.78, 5) is 27.5. The number of nitrogens with one attached hydrogen (secondary N) is 1. The Kier molecular flexibility index (Phi) is 6.52. The monoisotopic (exact) mass is 374 g/mol.